The molecule has 0 atom stereocenters. The Bertz CT molecular complexity index is 687. The van der Waals surface area contributed by atoms with Gasteiger partial charge in [0.15, 0.2) is 11.5 Å². The van der Waals surface area contributed by atoms with E-state index in [9.17, 15) is 13.6 Å². The van der Waals surface area contributed by atoms with Gasteiger partial charge in [0.1, 0.15) is 0 Å². The number of aromatic nitrogens is 2. The molecule has 1 amide bonds. The number of nitrogens with zero attached hydrogens (tertiary/aromatic N) is 2. The van der Waals surface area contributed by atoms with Crippen molar-refractivity contribution in [3.63, 3.8) is 0 Å². The molecule has 1 aromatic heterocycles. The third-order valence-electron chi connectivity index (χ3n) is 3.07. The van der Waals surface area contributed by atoms with Crippen molar-refractivity contribution < 1.29 is 23.0 Å². The third kappa shape index (κ3) is 4.10. The Hall–Kier alpha value is -2.35. The number of halogens is 3. The molecule has 1 heterocycles. The van der Waals surface area contributed by atoms with Crippen LogP contribution in [-0.4, -0.2) is 29.4 Å². The van der Waals surface area contributed by atoms with Crippen LogP contribution in [0.25, 0.3) is 0 Å². The highest BCUT2D eigenvalue weighted by Gasteiger charge is 2.15. The van der Waals surface area contributed by atoms with Crippen molar-refractivity contribution in [2.24, 2.45) is 7.05 Å². The van der Waals surface area contributed by atoms with Gasteiger partial charge in [-0.25, -0.2) is 0 Å². The van der Waals surface area contributed by atoms with E-state index in [1.54, 1.807) is 11.7 Å². The summed E-state index contributed by atoms with van der Waals surface area (Å²) < 4.78 is 35.3. The first-order valence-corrected chi connectivity index (χ1v) is 6.87. The summed E-state index contributed by atoms with van der Waals surface area (Å²) in [6.07, 6.45) is 1.47. The molecule has 0 fully saturated rings. The maximum absolute atomic E-state index is 12.3. The van der Waals surface area contributed by atoms with Crippen LogP contribution in [0.15, 0.2) is 24.4 Å². The standard InChI is InChI=1S/C14H14ClF2N3O3/c1-20-10(9(15)6-19-20)7-18-13(21)8-3-4-11(23-14(16)17)12(5-8)22-2/h3-6,14H,7H2,1-2H3,(H,18,21). The molecule has 0 radical (unpaired) electrons. The quantitative estimate of drug-likeness (QED) is 0.874. The minimum atomic E-state index is -2.98. The Balaban J connectivity index is 2.10. The number of carbonyl (C=O) groups is 1. The van der Waals surface area contributed by atoms with E-state index in [1.807, 2.05) is 0 Å². The molecule has 6 nitrogen and oxygen atoms in total. The number of amides is 1. The van der Waals surface area contributed by atoms with Gasteiger partial charge in [-0.3, -0.25) is 9.48 Å². The average Bonchev–Trinajstić information content (AvgIpc) is 2.83. The number of hydrogen-bond donors (Lipinski definition) is 1. The van der Waals surface area contributed by atoms with Crippen LogP contribution in [0.2, 0.25) is 5.02 Å². The van der Waals surface area contributed by atoms with Gasteiger partial charge >= 0.3 is 6.61 Å². The molecule has 2 rings (SSSR count). The Morgan fingerprint density at radius 3 is 2.74 bits per heavy atom. The first kappa shape index (κ1) is 17.0. The van der Waals surface area contributed by atoms with Crippen LogP contribution in [0.1, 0.15) is 16.1 Å². The van der Waals surface area contributed by atoms with Crippen molar-refractivity contribution in [1.29, 1.82) is 0 Å². The van der Waals surface area contributed by atoms with Gasteiger partial charge in [0.25, 0.3) is 5.91 Å². The van der Waals surface area contributed by atoms with Gasteiger partial charge in [0.2, 0.25) is 0 Å². The van der Waals surface area contributed by atoms with Crippen LogP contribution < -0.4 is 14.8 Å². The topological polar surface area (TPSA) is 65.4 Å². The fourth-order valence-electron chi connectivity index (χ4n) is 1.90. The molecule has 0 aliphatic carbocycles. The number of aryl methyl sites for hydroxylation is 1. The zero-order valence-electron chi connectivity index (χ0n) is 12.3. The van der Waals surface area contributed by atoms with E-state index in [1.165, 1.54) is 31.5 Å². The van der Waals surface area contributed by atoms with Crippen molar-refractivity contribution in [2.75, 3.05) is 7.11 Å². The summed E-state index contributed by atoms with van der Waals surface area (Å²) >= 11 is 5.95. The number of benzene rings is 1. The Kier molecular flexibility index (Phi) is 5.38. The van der Waals surface area contributed by atoms with E-state index in [0.717, 1.165) is 0 Å². The number of carbonyl (C=O) groups excluding carboxylic acids is 1. The lowest BCUT2D eigenvalue weighted by Gasteiger charge is -2.11. The van der Waals surface area contributed by atoms with Gasteiger partial charge in [-0.1, -0.05) is 11.6 Å². The largest absolute Gasteiger partial charge is 0.493 e. The second-order valence-corrected chi connectivity index (χ2v) is 4.90. The van der Waals surface area contributed by atoms with E-state index in [2.05, 4.69) is 15.2 Å². The molecule has 0 saturated heterocycles. The van der Waals surface area contributed by atoms with E-state index in [-0.39, 0.29) is 23.6 Å². The highest BCUT2D eigenvalue weighted by atomic mass is 35.5. The summed E-state index contributed by atoms with van der Waals surface area (Å²) in [6.45, 7) is -2.80. The summed E-state index contributed by atoms with van der Waals surface area (Å²) in [6, 6.07) is 3.93. The number of alkyl halides is 2. The highest BCUT2D eigenvalue weighted by molar-refractivity contribution is 6.31. The second-order valence-electron chi connectivity index (χ2n) is 4.49. The van der Waals surface area contributed by atoms with Crippen LogP contribution in [0, 0.1) is 0 Å². The molecule has 0 bridgehead atoms. The maximum atomic E-state index is 12.3. The molecular weight excluding hydrogens is 332 g/mol. The summed E-state index contributed by atoms with van der Waals surface area (Å²) in [5, 5.41) is 7.06. The minimum absolute atomic E-state index is 0.0384. The van der Waals surface area contributed by atoms with E-state index < -0.39 is 12.5 Å². The number of nitrogens with one attached hydrogen (secondary N) is 1. The van der Waals surface area contributed by atoms with Crippen molar-refractivity contribution in [2.45, 2.75) is 13.2 Å². The first-order valence-electron chi connectivity index (χ1n) is 6.49. The molecule has 1 N–H and O–H groups in total. The highest BCUT2D eigenvalue weighted by Crippen LogP contribution is 2.29. The number of rotatable bonds is 6. The maximum Gasteiger partial charge on any atom is 0.387 e. The summed E-state index contributed by atoms with van der Waals surface area (Å²) in [4.78, 5) is 12.1. The zero-order valence-corrected chi connectivity index (χ0v) is 13.1. The molecule has 0 aliphatic rings. The first-order chi connectivity index (χ1) is 10.9. The lowest BCUT2D eigenvalue weighted by atomic mass is 10.2. The molecule has 0 saturated carbocycles. The molecule has 0 unspecified atom stereocenters. The van der Waals surface area contributed by atoms with Gasteiger partial charge in [0.05, 0.1) is 30.6 Å². The summed E-state index contributed by atoms with van der Waals surface area (Å²) in [7, 11) is 3.00. The van der Waals surface area contributed by atoms with Crippen LogP contribution in [0.3, 0.4) is 0 Å². The van der Waals surface area contributed by atoms with Crippen molar-refractivity contribution in [3.8, 4) is 11.5 Å². The molecule has 0 aliphatic heterocycles. The molecule has 1 aromatic carbocycles. The van der Waals surface area contributed by atoms with E-state index in [0.29, 0.717) is 10.7 Å². The van der Waals surface area contributed by atoms with Crippen LogP contribution in [0.5, 0.6) is 11.5 Å². The third-order valence-corrected chi connectivity index (χ3v) is 3.38. The minimum Gasteiger partial charge on any atom is -0.493 e. The van der Waals surface area contributed by atoms with Crippen molar-refractivity contribution in [1.82, 2.24) is 15.1 Å². The molecule has 23 heavy (non-hydrogen) atoms. The Morgan fingerprint density at radius 1 is 1.43 bits per heavy atom. The summed E-state index contributed by atoms with van der Waals surface area (Å²) in [5.41, 5.74) is 0.881. The van der Waals surface area contributed by atoms with Gasteiger partial charge < -0.3 is 14.8 Å². The van der Waals surface area contributed by atoms with Crippen molar-refractivity contribution >= 4 is 17.5 Å². The Labute approximate surface area is 135 Å². The van der Waals surface area contributed by atoms with Crippen LogP contribution >= 0.6 is 11.6 Å². The summed E-state index contributed by atoms with van der Waals surface area (Å²) in [5.74, 6) is -0.519. The SMILES string of the molecule is COc1cc(C(=O)NCc2c(Cl)cnn2C)ccc1OC(F)F. The zero-order chi connectivity index (χ0) is 17.0. The normalized spacial score (nSPS) is 10.7. The fourth-order valence-corrected chi connectivity index (χ4v) is 2.14. The smallest absolute Gasteiger partial charge is 0.387 e. The Morgan fingerprint density at radius 2 is 2.17 bits per heavy atom. The lowest BCUT2D eigenvalue weighted by molar-refractivity contribution is -0.0512. The molecule has 2 aromatic rings. The second kappa shape index (κ2) is 7.28. The van der Waals surface area contributed by atoms with E-state index >= 15 is 0 Å². The van der Waals surface area contributed by atoms with Gasteiger partial charge in [-0.15, -0.1) is 0 Å². The van der Waals surface area contributed by atoms with Gasteiger partial charge in [0, 0.05) is 12.6 Å². The van der Waals surface area contributed by atoms with Crippen LogP contribution in [0.4, 0.5) is 8.78 Å². The molecule has 9 heteroatoms. The molecular formula is C14H14ClF2N3O3. The van der Waals surface area contributed by atoms with Crippen LogP contribution in [-0.2, 0) is 13.6 Å². The van der Waals surface area contributed by atoms with Gasteiger partial charge in [-0.05, 0) is 18.2 Å². The number of ether oxygens (including phenoxy) is 2. The predicted molar refractivity (Wildman–Crippen MR) is 79.0 cm³/mol. The number of methoxy groups -OCH3 is 1. The molecule has 124 valence electrons. The van der Waals surface area contributed by atoms with Gasteiger partial charge in [-0.2, -0.15) is 13.9 Å². The lowest BCUT2D eigenvalue weighted by Crippen LogP contribution is -2.24. The predicted octanol–water partition coefficient (Wildman–Crippen LogP) is 2.61. The molecule has 0 spiro atoms. The monoisotopic (exact) mass is 345 g/mol. The number of hydrogen-bond acceptors (Lipinski definition) is 4. The van der Waals surface area contributed by atoms with E-state index in [4.69, 9.17) is 16.3 Å². The average molecular weight is 346 g/mol. The fraction of sp³-hybridized carbons (Fsp3) is 0.286. The van der Waals surface area contributed by atoms with Crippen molar-refractivity contribution in [3.05, 3.63) is 40.7 Å².